The Morgan fingerprint density at radius 1 is 1.14 bits per heavy atom. The molecule has 1 aliphatic heterocycles. The van der Waals surface area contributed by atoms with Gasteiger partial charge in [0.15, 0.2) is 0 Å². The third-order valence-electron chi connectivity index (χ3n) is 5.22. The zero-order valence-electron chi connectivity index (χ0n) is 14.0. The van der Waals surface area contributed by atoms with Crippen LogP contribution in [0.1, 0.15) is 70.7 Å². The van der Waals surface area contributed by atoms with Crippen LogP contribution in [0.4, 0.5) is 5.82 Å². The molecule has 0 aromatic carbocycles. The van der Waals surface area contributed by atoms with Gasteiger partial charge in [-0.1, -0.05) is 52.1 Å². The maximum Gasteiger partial charge on any atom is 0.137 e. The minimum atomic E-state index is 0.303. The van der Waals surface area contributed by atoms with Crippen LogP contribution in [0.2, 0.25) is 5.15 Å². The summed E-state index contributed by atoms with van der Waals surface area (Å²) in [5, 5.41) is 0.603. The quantitative estimate of drug-likeness (QED) is 0.735. The van der Waals surface area contributed by atoms with Gasteiger partial charge in [0.25, 0.3) is 0 Å². The highest BCUT2D eigenvalue weighted by molar-refractivity contribution is 6.30. The molecule has 1 aliphatic rings. The molecule has 21 heavy (non-hydrogen) atoms. The van der Waals surface area contributed by atoms with E-state index in [0.717, 1.165) is 30.3 Å². The smallest absolute Gasteiger partial charge is 0.137 e. The van der Waals surface area contributed by atoms with Crippen molar-refractivity contribution < 1.29 is 0 Å². The molecule has 0 unspecified atom stereocenters. The Morgan fingerprint density at radius 3 is 2.19 bits per heavy atom. The number of hydrogen-bond acceptors (Lipinski definition) is 3. The Hall–Kier alpha value is -0.830. The van der Waals surface area contributed by atoms with Crippen molar-refractivity contribution in [2.75, 3.05) is 18.0 Å². The highest BCUT2D eigenvalue weighted by atomic mass is 35.5. The summed E-state index contributed by atoms with van der Waals surface area (Å²) in [5.74, 6) is 2.19. The minimum absolute atomic E-state index is 0.303. The molecule has 0 aliphatic carbocycles. The lowest BCUT2D eigenvalue weighted by molar-refractivity contribution is 0.199. The molecule has 2 heterocycles. The topological polar surface area (TPSA) is 29.0 Å². The highest BCUT2D eigenvalue weighted by Crippen LogP contribution is 2.39. The molecule has 0 saturated carbocycles. The summed E-state index contributed by atoms with van der Waals surface area (Å²) < 4.78 is 0. The number of aromatic nitrogens is 2. The zero-order valence-corrected chi connectivity index (χ0v) is 14.8. The third kappa shape index (κ3) is 3.33. The van der Waals surface area contributed by atoms with Crippen molar-refractivity contribution in [2.24, 2.45) is 5.41 Å². The fourth-order valence-electron chi connectivity index (χ4n) is 3.21. The summed E-state index contributed by atoms with van der Waals surface area (Å²) in [7, 11) is 0. The summed E-state index contributed by atoms with van der Waals surface area (Å²) in [6, 6.07) is 0. The number of hydrogen-bond donors (Lipinski definition) is 0. The lowest BCUT2D eigenvalue weighted by Crippen LogP contribution is -2.40. The van der Waals surface area contributed by atoms with Gasteiger partial charge in [0.05, 0.1) is 0 Å². The van der Waals surface area contributed by atoms with Crippen LogP contribution in [0, 0.1) is 12.3 Å². The first-order valence-corrected chi connectivity index (χ1v) is 8.59. The van der Waals surface area contributed by atoms with Crippen LogP contribution in [0.5, 0.6) is 0 Å². The van der Waals surface area contributed by atoms with Gasteiger partial charge >= 0.3 is 0 Å². The molecule has 3 nitrogen and oxygen atoms in total. The second-order valence-corrected chi connectivity index (χ2v) is 7.03. The molecular weight excluding hydrogens is 282 g/mol. The number of halogens is 1. The number of rotatable bonds is 4. The molecule has 1 saturated heterocycles. The van der Waals surface area contributed by atoms with Gasteiger partial charge in [-0.15, -0.1) is 0 Å². The van der Waals surface area contributed by atoms with Crippen molar-refractivity contribution in [3.05, 3.63) is 16.5 Å². The van der Waals surface area contributed by atoms with Crippen LogP contribution in [-0.4, -0.2) is 23.1 Å². The Labute approximate surface area is 134 Å². The van der Waals surface area contributed by atoms with Crippen LogP contribution in [-0.2, 0) is 0 Å². The van der Waals surface area contributed by atoms with E-state index in [1.165, 1.54) is 25.7 Å². The van der Waals surface area contributed by atoms with Crippen LogP contribution < -0.4 is 4.90 Å². The van der Waals surface area contributed by atoms with Crippen molar-refractivity contribution in [3.63, 3.8) is 0 Å². The highest BCUT2D eigenvalue weighted by Gasteiger charge is 2.32. The summed E-state index contributed by atoms with van der Waals surface area (Å²) in [6.45, 7) is 13.1. The maximum atomic E-state index is 6.32. The Bertz CT molecular complexity index is 485. The van der Waals surface area contributed by atoms with E-state index in [0.29, 0.717) is 16.5 Å². The van der Waals surface area contributed by atoms with Gasteiger partial charge < -0.3 is 4.90 Å². The van der Waals surface area contributed by atoms with Gasteiger partial charge in [0, 0.05) is 24.6 Å². The van der Waals surface area contributed by atoms with E-state index in [2.05, 4.69) is 37.6 Å². The predicted octanol–water partition coefficient (Wildman–Crippen LogP) is 4.97. The fourth-order valence-corrected chi connectivity index (χ4v) is 3.38. The van der Waals surface area contributed by atoms with E-state index < -0.39 is 0 Å². The van der Waals surface area contributed by atoms with Crippen molar-refractivity contribution in [1.29, 1.82) is 0 Å². The Kier molecular flexibility index (Phi) is 5.13. The molecule has 0 bridgehead atoms. The van der Waals surface area contributed by atoms with E-state index in [-0.39, 0.29) is 0 Å². The molecule has 0 N–H and O–H groups in total. The molecule has 1 aromatic rings. The van der Waals surface area contributed by atoms with Gasteiger partial charge in [0.2, 0.25) is 0 Å². The second-order valence-electron chi connectivity index (χ2n) is 6.67. The van der Waals surface area contributed by atoms with E-state index in [1.54, 1.807) is 0 Å². The van der Waals surface area contributed by atoms with E-state index in [1.807, 2.05) is 6.92 Å². The minimum Gasteiger partial charge on any atom is -0.356 e. The molecular formula is C17H28ClN3. The summed E-state index contributed by atoms with van der Waals surface area (Å²) in [4.78, 5) is 11.6. The lowest BCUT2D eigenvalue weighted by atomic mass is 9.74. The zero-order chi connectivity index (χ0) is 15.6. The number of nitrogens with zero attached hydrogens (tertiary/aromatic N) is 3. The second kappa shape index (κ2) is 6.51. The number of piperidine rings is 1. The molecule has 4 heteroatoms. The van der Waals surface area contributed by atoms with E-state index >= 15 is 0 Å². The number of anilines is 1. The predicted molar refractivity (Wildman–Crippen MR) is 90.3 cm³/mol. The summed E-state index contributed by atoms with van der Waals surface area (Å²) in [6.07, 6.45) is 5.05. The van der Waals surface area contributed by atoms with Gasteiger partial charge in [0.1, 0.15) is 16.8 Å². The van der Waals surface area contributed by atoms with Crippen molar-refractivity contribution in [3.8, 4) is 0 Å². The van der Waals surface area contributed by atoms with Crippen LogP contribution in [0.15, 0.2) is 0 Å². The molecule has 1 fully saturated rings. The van der Waals surface area contributed by atoms with Gasteiger partial charge in [-0.3, -0.25) is 0 Å². The van der Waals surface area contributed by atoms with Crippen molar-refractivity contribution in [2.45, 2.75) is 66.2 Å². The maximum absolute atomic E-state index is 6.32. The van der Waals surface area contributed by atoms with E-state index in [9.17, 15) is 0 Å². The summed E-state index contributed by atoms with van der Waals surface area (Å²) >= 11 is 6.32. The molecule has 0 spiro atoms. The molecule has 2 rings (SSSR count). The summed E-state index contributed by atoms with van der Waals surface area (Å²) in [5.41, 5.74) is 1.55. The Balaban J connectivity index is 2.24. The SMILES string of the molecule is CCC1(CC)CCN(c2nc(C(C)C)nc(Cl)c2C)CC1. The molecule has 0 radical (unpaired) electrons. The van der Waals surface area contributed by atoms with Crippen molar-refractivity contribution in [1.82, 2.24) is 9.97 Å². The first-order valence-electron chi connectivity index (χ1n) is 8.21. The van der Waals surface area contributed by atoms with Crippen LogP contribution in [0.25, 0.3) is 0 Å². The van der Waals surface area contributed by atoms with Crippen LogP contribution in [0.3, 0.4) is 0 Å². The first kappa shape index (κ1) is 16.5. The largest absolute Gasteiger partial charge is 0.356 e. The first-order chi connectivity index (χ1) is 9.92. The Morgan fingerprint density at radius 2 is 1.71 bits per heavy atom. The third-order valence-corrected chi connectivity index (χ3v) is 5.59. The van der Waals surface area contributed by atoms with Gasteiger partial charge in [-0.2, -0.15) is 0 Å². The lowest BCUT2D eigenvalue weighted by Gasteiger charge is -2.42. The molecule has 0 amide bonds. The molecule has 1 aromatic heterocycles. The average Bonchev–Trinajstić information content (AvgIpc) is 2.50. The average molecular weight is 310 g/mol. The molecule has 118 valence electrons. The monoisotopic (exact) mass is 309 g/mol. The van der Waals surface area contributed by atoms with Gasteiger partial charge in [-0.05, 0) is 25.2 Å². The normalized spacial score (nSPS) is 18.3. The van der Waals surface area contributed by atoms with E-state index in [4.69, 9.17) is 16.6 Å². The molecule has 0 atom stereocenters. The fraction of sp³-hybridized carbons (Fsp3) is 0.765. The van der Waals surface area contributed by atoms with Gasteiger partial charge in [-0.25, -0.2) is 9.97 Å². The van der Waals surface area contributed by atoms with Crippen LogP contribution >= 0.6 is 11.6 Å². The standard InChI is InChI=1S/C17H28ClN3/c1-6-17(7-2)8-10-21(11-9-17)16-13(5)14(18)19-15(20-16)12(3)4/h12H,6-11H2,1-5H3. The van der Waals surface area contributed by atoms with Crippen molar-refractivity contribution >= 4 is 17.4 Å².